The van der Waals surface area contributed by atoms with Gasteiger partial charge in [-0.25, -0.2) is 4.98 Å². The van der Waals surface area contributed by atoms with E-state index in [0.717, 1.165) is 27.7 Å². The molecule has 37 heavy (non-hydrogen) atoms. The zero-order chi connectivity index (χ0) is 25.9. The number of pyridine rings is 2. The quantitative estimate of drug-likeness (QED) is 0.229. The molecule has 0 radical (unpaired) electrons. The molecule has 0 spiro atoms. The highest BCUT2D eigenvalue weighted by Crippen LogP contribution is 2.32. The third-order valence-corrected chi connectivity index (χ3v) is 6.01. The molecular formula is C28H35N3O6. The summed E-state index contributed by atoms with van der Waals surface area (Å²) in [4.78, 5) is 8.92. The van der Waals surface area contributed by atoms with Crippen LogP contribution in [0.1, 0.15) is 5.69 Å². The fourth-order valence-electron chi connectivity index (χ4n) is 4.18. The van der Waals surface area contributed by atoms with E-state index in [0.29, 0.717) is 65.3 Å². The molecule has 0 unspecified atom stereocenters. The molecule has 0 aliphatic carbocycles. The van der Waals surface area contributed by atoms with Crippen LogP contribution in [-0.4, -0.2) is 85.7 Å². The molecule has 0 saturated heterocycles. The standard InChI is InChI=1S/C28H35N3O6/c1-21-23(22-3-4-24-25-20-29-8-7-26(25)31(2)27(24)19-22)5-6-28(30-21)37-18-17-36-16-15-35-14-13-34-12-11-33-10-9-32/h3-8,19-20,32H,9-18H2,1-2H3. The summed E-state index contributed by atoms with van der Waals surface area (Å²) in [6.07, 6.45) is 3.75. The van der Waals surface area contributed by atoms with Crippen LogP contribution in [0.2, 0.25) is 0 Å². The first-order valence-corrected chi connectivity index (χ1v) is 12.5. The molecule has 0 saturated carbocycles. The normalized spacial score (nSPS) is 11.5. The maximum atomic E-state index is 8.60. The second-order valence-electron chi connectivity index (χ2n) is 8.49. The Bertz CT molecular complexity index is 1280. The van der Waals surface area contributed by atoms with Crippen molar-refractivity contribution in [2.24, 2.45) is 7.05 Å². The van der Waals surface area contributed by atoms with Gasteiger partial charge in [-0.2, -0.15) is 0 Å². The van der Waals surface area contributed by atoms with Crippen LogP contribution in [0.5, 0.6) is 5.88 Å². The molecular weight excluding hydrogens is 474 g/mol. The zero-order valence-corrected chi connectivity index (χ0v) is 21.5. The van der Waals surface area contributed by atoms with Gasteiger partial charge in [0, 0.05) is 53.1 Å². The van der Waals surface area contributed by atoms with Gasteiger partial charge in [-0.05, 0) is 30.7 Å². The Labute approximate surface area is 216 Å². The maximum Gasteiger partial charge on any atom is 0.213 e. The summed E-state index contributed by atoms with van der Waals surface area (Å²) in [7, 11) is 2.08. The van der Waals surface area contributed by atoms with Crippen molar-refractivity contribution in [2.75, 3.05) is 66.1 Å². The van der Waals surface area contributed by atoms with Crippen molar-refractivity contribution >= 4 is 21.8 Å². The summed E-state index contributed by atoms with van der Waals surface area (Å²) in [5.41, 5.74) is 5.44. The molecule has 0 amide bonds. The largest absolute Gasteiger partial charge is 0.475 e. The second-order valence-corrected chi connectivity index (χ2v) is 8.49. The Morgan fingerprint density at radius 3 is 2.11 bits per heavy atom. The van der Waals surface area contributed by atoms with Gasteiger partial charge in [0.1, 0.15) is 6.61 Å². The Morgan fingerprint density at radius 2 is 1.43 bits per heavy atom. The number of benzene rings is 1. The average molecular weight is 510 g/mol. The Kier molecular flexibility index (Phi) is 10.2. The first-order chi connectivity index (χ1) is 18.2. The van der Waals surface area contributed by atoms with Crippen LogP contribution in [0.25, 0.3) is 32.9 Å². The van der Waals surface area contributed by atoms with Crippen LogP contribution in [-0.2, 0) is 26.0 Å². The Hall–Kier alpha value is -3.08. The number of rotatable bonds is 16. The van der Waals surface area contributed by atoms with Crippen molar-refractivity contribution in [2.45, 2.75) is 6.92 Å². The number of aromatic nitrogens is 3. The average Bonchev–Trinajstić information content (AvgIpc) is 3.20. The van der Waals surface area contributed by atoms with E-state index >= 15 is 0 Å². The summed E-state index contributed by atoms with van der Waals surface area (Å²) >= 11 is 0. The zero-order valence-electron chi connectivity index (χ0n) is 21.5. The molecule has 0 aliphatic heterocycles. The van der Waals surface area contributed by atoms with Gasteiger partial charge in [0.05, 0.1) is 65.0 Å². The number of fused-ring (bicyclic) bond motifs is 3. The number of hydrogen-bond acceptors (Lipinski definition) is 8. The number of aliphatic hydroxyl groups is 1. The van der Waals surface area contributed by atoms with Gasteiger partial charge in [0.25, 0.3) is 0 Å². The highest BCUT2D eigenvalue weighted by atomic mass is 16.6. The third-order valence-electron chi connectivity index (χ3n) is 6.01. The van der Waals surface area contributed by atoms with Crippen LogP contribution in [0, 0.1) is 6.92 Å². The van der Waals surface area contributed by atoms with Gasteiger partial charge < -0.3 is 33.4 Å². The van der Waals surface area contributed by atoms with Gasteiger partial charge in [-0.3, -0.25) is 4.98 Å². The molecule has 4 aromatic rings. The van der Waals surface area contributed by atoms with Crippen LogP contribution >= 0.6 is 0 Å². The first-order valence-electron chi connectivity index (χ1n) is 12.5. The van der Waals surface area contributed by atoms with Crippen molar-refractivity contribution in [3.05, 3.63) is 54.5 Å². The van der Waals surface area contributed by atoms with Gasteiger partial charge in [0.15, 0.2) is 0 Å². The van der Waals surface area contributed by atoms with Crippen molar-refractivity contribution in [3.63, 3.8) is 0 Å². The van der Waals surface area contributed by atoms with E-state index in [2.05, 4.69) is 45.8 Å². The van der Waals surface area contributed by atoms with E-state index < -0.39 is 0 Å². The lowest BCUT2D eigenvalue weighted by molar-refractivity contribution is -0.00790. The lowest BCUT2D eigenvalue weighted by atomic mass is 10.0. The smallest absolute Gasteiger partial charge is 0.213 e. The van der Waals surface area contributed by atoms with Gasteiger partial charge in [-0.1, -0.05) is 12.1 Å². The van der Waals surface area contributed by atoms with E-state index in [1.807, 2.05) is 31.5 Å². The number of ether oxygens (including phenoxy) is 5. The fraction of sp³-hybridized carbons (Fsp3) is 0.429. The SMILES string of the molecule is Cc1nc(OCCOCCOCCOCCOCCO)ccc1-c1ccc2c3cnccc3n(C)c2c1. The maximum absolute atomic E-state index is 8.60. The second kappa shape index (κ2) is 14.0. The monoisotopic (exact) mass is 509 g/mol. The van der Waals surface area contributed by atoms with E-state index in [4.69, 9.17) is 28.8 Å². The lowest BCUT2D eigenvalue weighted by Gasteiger charge is -2.11. The molecule has 9 heteroatoms. The van der Waals surface area contributed by atoms with Crippen LogP contribution in [0.3, 0.4) is 0 Å². The number of hydrogen-bond donors (Lipinski definition) is 1. The van der Waals surface area contributed by atoms with Crippen LogP contribution < -0.4 is 4.74 Å². The molecule has 0 atom stereocenters. The van der Waals surface area contributed by atoms with E-state index in [-0.39, 0.29) is 6.61 Å². The van der Waals surface area contributed by atoms with Crippen LogP contribution in [0.15, 0.2) is 48.8 Å². The summed E-state index contributed by atoms with van der Waals surface area (Å²) in [6, 6.07) is 12.5. The highest BCUT2D eigenvalue weighted by molar-refractivity contribution is 6.08. The molecule has 1 N–H and O–H groups in total. The third kappa shape index (κ3) is 7.24. The molecule has 4 rings (SSSR count). The Balaban J connectivity index is 1.17. The van der Waals surface area contributed by atoms with Crippen molar-refractivity contribution < 1.29 is 28.8 Å². The minimum Gasteiger partial charge on any atom is -0.475 e. The minimum atomic E-state index is 0.0270. The van der Waals surface area contributed by atoms with Crippen LogP contribution in [0.4, 0.5) is 0 Å². The minimum absolute atomic E-state index is 0.0270. The topological polar surface area (TPSA) is 97.1 Å². The summed E-state index contributed by atoms with van der Waals surface area (Å²) in [5, 5.41) is 11.0. The molecule has 0 aliphatic rings. The fourth-order valence-corrected chi connectivity index (χ4v) is 4.18. The molecule has 0 fully saturated rings. The molecule has 0 bridgehead atoms. The van der Waals surface area contributed by atoms with Crippen molar-refractivity contribution in [3.8, 4) is 17.0 Å². The Morgan fingerprint density at radius 1 is 0.757 bits per heavy atom. The lowest BCUT2D eigenvalue weighted by Crippen LogP contribution is -2.14. The molecule has 198 valence electrons. The predicted molar refractivity (Wildman–Crippen MR) is 142 cm³/mol. The molecule has 9 nitrogen and oxygen atoms in total. The summed E-state index contributed by atoms with van der Waals surface area (Å²) in [5.74, 6) is 0.581. The van der Waals surface area contributed by atoms with E-state index in [1.165, 1.54) is 10.9 Å². The first kappa shape index (κ1) is 27.0. The predicted octanol–water partition coefficient (Wildman–Crippen LogP) is 3.53. The van der Waals surface area contributed by atoms with Gasteiger partial charge in [0.2, 0.25) is 5.88 Å². The van der Waals surface area contributed by atoms with Crippen molar-refractivity contribution in [1.82, 2.24) is 14.5 Å². The van der Waals surface area contributed by atoms with Gasteiger partial charge >= 0.3 is 0 Å². The van der Waals surface area contributed by atoms with E-state index in [1.54, 1.807) is 0 Å². The number of nitrogens with zero attached hydrogens (tertiary/aromatic N) is 3. The van der Waals surface area contributed by atoms with E-state index in [9.17, 15) is 0 Å². The number of aliphatic hydroxyl groups excluding tert-OH is 1. The molecule has 3 aromatic heterocycles. The van der Waals surface area contributed by atoms with Gasteiger partial charge in [-0.15, -0.1) is 0 Å². The highest BCUT2D eigenvalue weighted by Gasteiger charge is 2.11. The van der Waals surface area contributed by atoms with Crippen molar-refractivity contribution in [1.29, 1.82) is 0 Å². The number of aryl methyl sites for hydroxylation is 2. The molecule has 1 aromatic carbocycles. The summed E-state index contributed by atoms with van der Waals surface area (Å²) in [6.45, 7) is 6.17. The molecule has 3 heterocycles. The summed E-state index contributed by atoms with van der Waals surface area (Å²) < 4.78 is 29.4.